The highest BCUT2D eigenvalue weighted by atomic mass is 16.3. The summed E-state index contributed by atoms with van der Waals surface area (Å²) in [6.07, 6.45) is 7.52. The Bertz CT molecular complexity index is 259. The van der Waals surface area contributed by atoms with Gasteiger partial charge in [0.25, 0.3) is 0 Å². The molecular weight excluding hydrogens is 164 g/mol. The summed E-state index contributed by atoms with van der Waals surface area (Å²) in [5.74, 6) is 1.26. The number of rotatable bonds is 3. The van der Waals surface area contributed by atoms with Gasteiger partial charge in [0.05, 0.1) is 0 Å². The Morgan fingerprint density at radius 2 is 2.08 bits per heavy atom. The summed E-state index contributed by atoms with van der Waals surface area (Å²) in [6.45, 7) is 0. The zero-order valence-corrected chi connectivity index (χ0v) is 7.56. The molecule has 0 aliphatic heterocycles. The molecule has 0 saturated heterocycles. The predicted molar refractivity (Wildman–Crippen MR) is 48.9 cm³/mol. The van der Waals surface area contributed by atoms with E-state index in [1.807, 2.05) is 0 Å². The third-order valence-electron chi connectivity index (χ3n) is 2.67. The topological polar surface area (TPSA) is 46.0 Å². The summed E-state index contributed by atoms with van der Waals surface area (Å²) in [6, 6.07) is 1.76. The zero-order valence-electron chi connectivity index (χ0n) is 7.56. The summed E-state index contributed by atoms with van der Waals surface area (Å²) < 4.78 is 0. The highest BCUT2D eigenvalue weighted by Gasteiger charge is 2.22. The number of hydrogen-bond donors (Lipinski definition) is 1. The standard InChI is InChI=1S/C10H14N2O/c13-9(7-8-3-1-4-8)10-11-5-2-6-12-10/h2,5-6,8-9,13H,1,3-4,7H2. The van der Waals surface area contributed by atoms with E-state index in [0.717, 1.165) is 6.42 Å². The van der Waals surface area contributed by atoms with Crippen molar-refractivity contribution in [2.45, 2.75) is 31.8 Å². The van der Waals surface area contributed by atoms with Gasteiger partial charge < -0.3 is 5.11 Å². The van der Waals surface area contributed by atoms with Crippen molar-refractivity contribution in [1.29, 1.82) is 0 Å². The minimum Gasteiger partial charge on any atom is -0.385 e. The maximum atomic E-state index is 9.73. The summed E-state index contributed by atoms with van der Waals surface area (Å²) in [5, 5.41) is 9.73. The van der Waals surface area contributed by atoms with Crippen molar-refractivity contribution in [3.8, 4) is 0 Å². The highest BCUT2D eigenvalue weighted by Crippen LogP contribution is 2.33. The second-order valence-electron chi connectivity index (χ2n) is 3.66. The van der Waals surface area contributed by atoms with Crippen LogP contribution in [0.4, 0.5) is 0 Å². The molecule has 1 aliphatic rings. The maximum Gasteiger partial charge on any atom is 0.156 e. The molecule has 0 aromatic carbocycles. The molecule has 1 saturated carbocycles. The van der Waals surface area contributed by atoms with Crippen LogP contribution < -0.4 is 0 Å². The molecule has 0 amide bonds. The van der Waals surface area contributed by atoms with E-state index in [0.29, 0.717) is 11.7 Å². The average Bonchev–Trinajstić information content (AvgIpc) is 2.12. The lowest BCUT2D eigenvalue weighted by Gasteiger charge is -2.26. The van der Waals surface area contributed by atoms with Crippen LogP contribution in [0.1, 0.15) is 37.6 Å². The van der Waals surface area contributed by atoms with E-state index in [1.54, 1.807) is 18.5 Å². The predicted octanol–water partition coefficient (Wildman–Crippen LogP) is 1.70. The van der Waals surface area contributed by atoms with E-state index in [9.17, 15) is 5.11 Å². The van der Waals surface area contributed by atoms with Crippen molar-refractivity contribution < 1.29 is 5.11 Å². The fourth-order valence-electron chi connectivity index (χ4n) is 1.63. The van der Waals surface area contributed by atoms with Crippen LogP contribution in [-0.4, -0.2) is 15.1 Å². The summed E-state index contributed by atoms with van der Waals surface area (Å²) in [4.78, 5) is 8.06. The van der Waals surface area contributed by atoms with Gasteiger partial charge in [-0.15, -0.1) is 0 Å². The number of aliphatic hydroxyl groups is 1. The Hall–Kier alpha value is -0.960. The summed E-state index contributed by atoms with van der Waals surface area (Å²) in [5.41, 5.74) is 0. The van der Waals surface area contributed by atoms with Crippen LogP contribution in [0.5, 0.6) is 0 Å². The van der Waals surface area contributed by atoms with Crippen molar-refractivity contribution in [2.75, 3.05) is 0 Å². The van der Waals surface area contributed by atoms with Gasteiger partial charge in [-0.2, -0.15) is 0 Å². The Kier molecular flexibility index (Phi) is 2.54. The van der Waals surface area contributed by atoms with Gasteiger partial charge in [-0.25, -0.2) is 9.97 Å². The SMILES string of the molecule is OC(CC1CCC1)c1ncccn1. The van der Waals surface area contributed by atoms with Gasteiger partial charge in [0, 0.05) is 12.4 Å². The number of aromatic nitrogens is 2. The molecule has 1 aromatic rings. The molecule has 70 valence electrons. The minimum atomic E-state index is -0.466. The van der Waals surface area contributed by atoms with Crippen LogP contribution in [0.3, 0.4) is 0 Å². The van der Waals surface area contributed by atoms with Crippen LogP contribution in [-0.2, 0) is 0 Å². The van der Waals surface area contributed by atoms with Gasteiger partial charge in [-0.05, 0) is 18.4 Å². The lowest BCUT2D eigenvalue weighted by molar-refractivity contribution is 0.111. The molecule has 1 atom stereocenters. The van der Waals surface area contributed by atoms with Crippen LogP contribution in [0.15, 0.2) is 18.5 Å². The van der Waals surface area contributed by atoms with Crippen molar-refractivity contribution in [3.05, 3.63) is 24.3 Å². The van der Waals surface area contributed by atoms with Crippen LogP contribution in [0, 0.1) is 5.92 Å². The lowest BCUT2D eigenvalue weighted by Crippen LogP contribution is -2.16. The Morgan fingerprint density at radius 1 is 1.38 bits per heavy atom. The molecule has 13 heavy (non-hydrogen) atoms. The van der Waals surface area contributed by atoms with E-state index in [1.165, 1.54) is 19.3 Å². The van der Waals surface area contributed by atoms with Gasteiger partial charge >= 0.3 is 0 Å². The Labute approximate surface area is 77.8 Å². The summed E-state index contributed by atoms with van der Waals surface area (Å²) >= 11 is 0. The minimum absolute atomic E-state index is 0.466. The molecule has 3 heteroatoms. The monoisotopic (exact) mass is 178 g/mol. The van der Waals surface area contributed by atoms with Gasteiger partial charge in [-0.3, -0.25) is 0 Å². The zero-order chi connectivity index (χ0) is 9.10. The molecule has 0 radical (unpaired) electrons. The molecule has 1 aromatic heterocycles. The van der Waals surface area contributed by atoms with E-state index < -0.39 is 6.10 Å². The van der Waals surface area contributed by atoms with Crippen LogP contribution >= 0.6 is 0 Å². The van der Waals surface area contributed by atoms with Crippen molar-refractivity contribution >= 4 is 0 Å². The molecule has 1 unspecified atom stereocenters. The molecule has 1 N–H and O–H groups in total. The average molecular weight is 178 g/mol. The van der Waals surface area contributed by atoms with Crippen molar-refractivity contribution in [2.24, 2.45) is 5.92 Å². The maximum absolute atomic E-state index is 9.73. The first-order valence-corrected chi connectivity index (χ1v) is 4.81. The van der Waals surface area contributed by atoms with Crippen LogP contribution in [0.25, 0.3) is 0 Å². The number of aliphatic hydroxyl groups excluding tert-OH is 1. The normalized spacial score (nSPS) is 19.5. The van der Waals surface area contributed by atoms with Gasteiger partial charge in [0.15, 0.2) is 5.82 Å². The van der Waals surface area contributed by atoms with E-state index >= 15 is 0 Å². The first-order valence-electron chi connectivity index (χ1n) is 4.81. The number of hydrogen-bond acceptors (Lipinski definition) is 3. The second kappa shape index (κ2) is 3.83. The fourth-order valence-corrected chi connectivity index (χ4v) is 1.63. The molecule has 1 fully saturated rings. The third-order valence-corrected chi connectivity index (χ3v) is 2.67. The van der Waals surface area contributed by atoms with E-state index in [-0.39, 0.29) is 0 Å². The molecule has 0 bridgehead atoms. The lowest BCUT2D eigenvalue weighted by atomic mass is 9.81. The second-order valence-corrected chi connectivity index (χ2v) is 3.66. The molecule has 2 rings (SSSR count). The smallest absolute Gasteiger partial charge is 0.156 e. The largest absolute Gasteiger partial charge is 0.385 e. The molecule has 1 aliphatic carbocycles. The highest BCUT2D eigenvalue weighted by molar-refractivity contribution is 4.93. The third kappa shape index (κ3) is 2.04. The Balaban J connectivity index is 1.92. The molecular formula is C10H14N2O. The Morgan fingerprint density at radius 3 is 2.62 bits per heavy atom. The van der Waals surface area contributed by atoms with Gasteiger partial charge in [-0.1, -0.05) is 19.3 Å². The van der Waals surface area contributed by atoms with E-state index in [4.69, 9.17) is 0 Å². The first-order chi connectivity index (χ1) is 6.36. The first kappa shape index (κ1) is 8.63. The van der Waals surface area contributed by atoms with Gasteiger partial charge in [0.2, 0.25) is 0 Å². The van der Waals surface area contributed by atoms with E-state index in [2.05, 4.69) is 9.97 Å². The molecule has 3 nitrogen and oxygen atoms in total. The number of nitrogens with zero attached hydrogens (tertiary/aromatic N) is 2. The molecule has 1 heterocycles. The van der Waals surface area contributed by atoms with Gasteiger partial charge in [0.1, 0.15) is 6.10 Å². The van der Waals surface area contributed by atoms with Crippen LogP contribution in [0.2, 0.25) is 0 Å². The van der Waals surface area contributed by atoms with Crippen molar-refractivity contribution in [1.82, 2.24) is 9.97 Å². The quantitative estimate of drug-likeness (QED) is 0.766. The molecule has 0 spiro atoms. The van der Waals surface area contributed by atoms with Crippen molar-refractivity contribution in [3.63, 3.8) is 0 Å². The fraction of sp³-hybridized carbons (Fsp3) is 0.600. The summed E-state index contributed by atoms with van der Waals surface area (Å²) in [7, 11) is 0.